The molecule has 0 aromatic heterocycles. The summed E-state index contributed by atoms with van der Waals surface area (Å²) in [6.45, 7) is 0. The highest BCUT2D eigenvalue weighted by atomic mass is 15.1. The summed E-state index contributed by atoms with van der Waals surface area (Å²) in [4.78, 5) is 2.44. The summed E-state index contributed by atoms with van der Waals surface area (Å²) >= 11 is 0. The lowest BCUT2D eigenvalue weighted by Gasteiger charge is -2.30. The Morgan fingerprint density at radius 1 is 0.397 bits per heavy atom. The van der Waals surface area contributed by atoms with E-state index in [1.165, 1.54) is 104 Å². The normalized spacial score (nSPS) is 13.4. The third kappa shape index (κ3) is 6.39. The molecule has 0 fully saturated rings. The number of nitrogens with zero attached hydrogens (tertiary/aromatic N) is 1. The predicted molar refractivity (Wildman–Crippen MR) is 271 cm³/mol. The average Bonchev–Trinajstić information content (AvgIpc) is 3.37. The Morgan fingerprint density at radius 2 is 1.08 bits per heavy atom. The number of anilines is 3. The van der Waals surface area contributed by atoms with Gasteiger partial charge >= 0.3 is 0 Å². The molecule has 10 aromatic rings. The maximum absolute atomic E-state index is 2.50. The van der Waals surface area contributed by atoms with Crippen LogP contribution < -0.4 is 4.90 Å². The second kappa shape index (κ2) is 15.6. The number of hydrogen-bond donors (Lipinski definition) is 0. The molecule has 0 N–H and O–H groups in total. The maximum Gasteiger partial charge on any atom is 0.0537 e. The van der Waals surface area contributed by atoms with E-state index in [4.69, 9.17) is 0 Å². The van der Waals surface area contributed by atoms with Crippen molar-refractivity contribution in [1.29, 1.82) is 0 Å². The van der Waals surface area contributed by atoms with Crippen LogP contribution in [0.25, 0.3) is 88.1 Å². The van der Waals surface area contributed by atoms with Crippen LogP contribution in [0.2, 0.25) is 0 Å². The first-order valence-corrected chi connectivity index (χ1v) is 22.4. The molecule has 1 nitrogen and oxygen atoms in total. The lowest BCUT2D eigenvalue weighted by molar-refractivity contribution is 0.986. The fourth-order valence-electron chi connectivity index (χ4n) is 10.5. The van der Waals surface area contributed by atoms with Gasteiger partial charge in [0.25, 0.3) is 0 Å². The van der Waals surface area contributed by atoms with Crippen molar-refractivity contribution < 1.29 is 0 Å². The van der Waals surface area contributed by atoms with Crippen molar-refractivity contribution in [2.24, 2.45) is 0 Å². The first kappa shape index (κ1) is 37.1. The second-order valence-electron chi connectivity index (χ2n) is 17.0. The molecule has 63 heavy (non-hydrogen) atoms. The van der Waals surface area contributed by atoms with E-state index in [1.54, 1.807) is 0 Å². The van der Waals surface area contributed by atoms with Crippen LogP contribution in [0, 0.1) is 0 Å². The van der Waals surface area contributed by atoms with Crippen LogP contribution in [-0.2, 0) is 6.42 Å². The van der Waals surface area contributed by atoms with Gasteiger partial charge in [-0.3, -0.25) is 0 Å². The zero-order valence-electron chi connectivity index (χ0n) is 35.1. The molecule has 2 aliphatic rings. The number of allylic oxidation sites excluding steroid dienone is 5. The molecular formula is C62H45N. The summed E-state index contributed by atoms with van der Waals surface area (Å²) in [5.74, 6) is 0. The summed E-state index contributed by atoms with van der Waals surface area (Å²) in [5, 5.41) is 10.3. The Bertz CT molecular complexity index is 3480. The van der Waals surface area contributed by atoms with Gasteiger partial charge in [0.2, 0.25) is 0 Å². The Labute approximate surface area is 369 Å². The molecule has 0 heterocycles. The number of benzene rings is 10. The van der Waals surface area contributed by atoms with Crippen molar-refractivity contribution in [3.8, 4) is 33.4 Å². The van der Waals surface area contributed by atoms with Crippen LogP contribution >= 0.6 is 0 Å². The largest absolute Gasteiger partial charge is 0.310 e. The number of hydrogen-bond acceptors (Lipinski definition) is 1. The zero-order chi connectivity index (χ0) is 41.7. The van der Waals surface area contributed by atoms with Gasteiger partial charge in [-0.25, -0.2) is 0 Å². The first-order valence-electron chi connectivity index (χ1n) is 22.4. The summed E-state index contributed by atoms with van der Waals surface area (Å²) in [6.07, 6.45) is 15.7. The molecule has 0 spiro atoms. The molecule has 10 aromatic carbocycles. The first-order chi connectivity index (χ1) is 31.3. The molecule has 298 valence electrons. The lowest BCUT2D eigenvalue weighted by atomic mass is 9.79. The van der Waals surface area contributed by atoms with E-state index >= 15 is 0 Å². The summed E-state index contributed by atoms with van der Waals surface area (Å²) in [6, 6.07) is 72.0. The van der Waals surface area contributed by atoms with Crippen LogP contribution in [0.4, 0.5) is 17.1 Å². The standard InChI is InChI=1S/C62H45N/c1-5-20-43(21-6-1)56-41-57(44-22-7-2-8-23-44)61-54-32-18-16-30-52(54)58-40-47(34-36-55(58)62(61)60(56)45-24-9-3-10-25-45)50-37-38-59(53-31-17-15-29-51(50)53)63(48-27-11-4-12-28-48)49-35-33-42-19-13-14-26-46(42)39-49/h1-9,11-14,16-24,26-28,30-41H,10,15,25,29H2. The van der Waals surface area contributed by atoms with E-state index in [2.05, 4.69) is 229 Å². The minimum absolute atomic E-state index is 0.985. The maximum atomic E-state index is 2.50. The van der Waals surface area contributed by atoms with Crippen molar-refractivity contribution in [3.63, 3.8) is 0 Å². The van der Waals surface area contributed by atoms with E-state index in [0.717, 1.165) is 37.1 Å². The van der Waals surface area contributed by atoms with Crippen LogP contribution in [0.1, 0.15) is 36.0 Å². The van der Waals surface area contributed by atoms with Crippen molar-refractivity contribution >= 4 is 71.8 Å². The number of fused-ring (bicyclic) bond motifs is 8. The summed E-state index contributed by atoms with van der Waals surface area (Å²) < 4.78 is 0. The molecular weight excluding hydrogens is 759 g/mol. The van der Waals surface area contributed by atoms with Gasteiger partial charge in [-0.15, -0.1) is 0 Å². The zero-order valence-corrected chi connectivity index (χ0v) is 35.1. The highest BCUT2D eigenvalue weighted by Crippen LogP contribution is 2.50. The Kier molecular flexibility index (Phi) is 9.19. The molecule has 0 bridgehead atoms. The minimum atomic E-state index is 0.985. The van der Waals surface area contributed by atoms with Gasteiger partial charge in [0.1, 0.15) is 0 Å². The van der Waals surface area contributed by atoms with Gasteiger partial charge in [0.15, 0.2) is 0 Å². The van der Waals surface area contributed by atoms with Gasteiger partial charge in [-0.1, -0.05) is 182 Å². The van der Waals surface area contributed by atoms with E-state index in [1.807, 2.05) is 0 Å². The Morgan fingerprint density at radius 3 is 1.86 bits per heavy atom. The van der Waals surface area contributed by atoms with Crippen LogP contribution in [0.15, 0.2) is 218 Å². The highest BCUT2D eigenvalue weighted by molar-refractivity contribution is 6.32. The van der Waals surface area contributed by atoms with Crippen LogP contribution in [0.5, 0.6) is 0 Å². The van der Waals surface area contributed by atoms with E-state index in [0.29, 0.717) is 0 Å². The monoisotopic (exact) mass is 803 g/mol. The fraction of sp³-hybridized carbons (Fsp3) is 0.0645. The average molecular weight is 804 g/mol. The van der Waals surface area contributed by atoms with Crippen LogP contribution in [0.3, 0.4) is 0 Å². The second-order valence-corrected chi connectivity index (χ2v) is 17.0. The third-order valence-corrected chi connectivity index (χ3v) is 13.3. The Balaban J connectivity index is 1.12. The molecule has 0 aliphatic heterocycles. The number of rotatable bonds is 7. The molecule has 0 radical (unpaired) electrons. The molecule has 0 saturated carbocycles. The third-order valence-electron chi connectivity index (χ3n) is 13.3. The molecule has 1 heteroatoms. The molecule has 0 unspecified atom stereocenters. The quantitative estimate of drug-likeness (QED) is 0.145. The van der Waals surface area contributed by atoms with Gasteiger partial charge in [-0.2, -0.15) is 0 Å². The van der Waals surface area contributed by atoms with Gasteiger partial charge < -0.3 is 4.90 Å². The SMILES string of the molecule is C1=CCCC(c2c(-c3ccccc3)cc(-c3ccccc3)c3c4ccccc4c4cc(-c5ccc(N(c6ccccc6)c6ccc7ccccc7c6)c6c5CCC=C6)ccc4c23)=C1. The van der Waals surface area contributed by atoms with Crippen molar-refractivity contribution in [1.82, 2.24) is 0 Å². The topological polar surface area (TPSA) is 3.24 Å². The number of para-hydroxylation sites is 1. The Hall–Kier alpha value is -7.74. The van der Waals surface area contributed by atoms with Crippen molar-refractivity contribution in [2.45, 2.75) is 25.7 Å². The van der Waals surface area contributed by atoms with Crippen LogP contribution in [-0.4, -0.2) is 0 Å². The van der Waals surface area contributed by atoms with Gasteiger partial charge in [0.05, 0.1) is 5.69 Å². The lowest BCUT2D eigenvalue weighted by Crippen LogP contribution is -2.13. The van der Waals surface area contributed by atoms with E-state index in [-0.39, 0.29) is 0 Å². The molecule has 2 aliphatic carbocycles. The van der Waals surface area contributed by atoms with Gasteiger partial charge in [-0.05, 0) is 161 Å². The van der Waals surface area contributed by atoms with Gasteiger partial charge in [0, 0.05) is 16.9 Å². The van der Waals surface area contributed by atoms with E-state index < -0.39 is 0 Å². The summed E-state index contributed by atoms with van der Waals surface area (Å²) in [7, 11) is 0. The molecule has 0 atom stereocenters. The fourth-order valence-corrected chi connectivity index (χ4v) is 10.5. The molecule has 0 amide bonds. The summed E-state index contributed by atoms with van der Waals surface area (Å²) in [5.41, 5.74) is 16.5. The predicted octanol–water partition coefficient (Wildman–Crippen LogP) is 17.5. The minimum Gasteiger partial charge on any atom is -0.310 e. The van der Waals surface area contributed by atoms with Crippen molar-refractivity contribution in [2.75, 3.05) is 4.90 Å². The van der Waals surface area contributed by atoms with Crippen molar-refractivity contribution in [3.05, 3.63) is 235 Å². The molecule has 0 saturated heterocycles. The molecule has 12 rings (SSSR count). The smallest absolute Gasteiger partial charge is 0.0537 e. The van der Waals surface area contributed by atoms with E-state index in [9.17, 15) is 0 Å². The highest BCUT2D eigenvalue weighted by Gasteiger charge is 2.25.